The van der Waals surface area contributed by atoms with Crippen LogP contribution in [0.4, 0.5) is 0 Å². The highest BCUT2D eigenvalue weighted by Crippen LogP contribution is 2.25. The Morgan fingerprint density at radius 3 is 3.00 bits per heavy atom. The second-order valence-electron chi connectivity index (χ2n) is 3.83. The van der Waals surface area contributed by atoms with Gasteiger partial charge in [0, 0.05) is 18.5 Å². The largest absolute Gasteiger partial charge is 0.497 e. The minimum Gasteiger partial charge on any atom is -0.497 e. The molecular formula is C13H13N3O2. The topological polar surface area (TPSA) is 48.7 Å². The zero-order valence-electron chi connectivity index (χ0n) is 10.3. The predicted molar refractivity (Wildman–Crippen MR) is 68.2 cm³/mol. The van der Waals surface area contributed by atoms with Crippen LogP contribution in [-0.4, -0.2) is 28.1 Å². The molecule has 0 aliphatic heterocycles. The molecule has 3 rings (SSSR count). The Balaban J connectivity index is 2.35. The van der Waals surface area contributed by atoms with Gasteiger partial charge in [-0.05, 0) is 19.1 Å². The van der Waals surface area contributed by atoms with Gasteiger partial charge in [0.1, 0.15) is 5.75 Å². The van der Waals surface area contributed by atoms with E-state index in [1.54, 1.807) is 13.3 Å². The Labute approximate surface area is 104 Å². The SMILES string of the molecule is CCOc1nc2cc(OC)ccc2n2ccnc12. The minimum absolute atomic E-state index is 0.545. The van der Waals surface area contributed by atoms with E-state index in [9.17, 15) is 0 Å². The molecule has 0 aliphatic carbocycles. The van der Waals surface area contributed by atoms with Crippen LogP contribution < -0.4 is 9.47 Å². The molecule has 2 heterocycles. The first-order valence-corrected chi connectivity index (χ1v) is 5.77. The molecule has 3 aromatic rings. The summed E-state index contributed by atoms with van der Waals surface area (Å²) in [5.74, 6) is 1.32. The van der Waals surface area contributed by atoms with Crippen molar-refractivity contribution in [1.82, 2.24) is 14.4 Å². The van der Waals surface area contributed by atoms with E-state index in [-0.39, 0.29) is 0 Å². The number of hydrogen-bond donors (Lipinski definition) is 0. The van der Waals surface area contributed by atoms with E-state index in [4.69, 9.17) is 9.47 Å². The molecule has 0 atom stereocenters. The molecule has 0 saturated carbocycles. The molecule has 0 bridgehead atoms. The number of rotatable bonds is 3. The standard InChI is InChI=1S/C13H13N3O2/c1-3-18-13-12-14-6-7-16(12)11-5-4-9(17-2)8-10(11)15-13/h4-8H,3H2,1-2H3. The number of imidazole rings is 1. The van der Waals surface area contributed by atoms with Gasteiger partial charge in [-0.25, -0.2) is 9.97 Å². The number of nitrogens with zero attached hydrogens (tertiary/aromatic N) is 3. The normalized spacial score (nSPS) is 11.0. The number of hydrogen-bond acceptors (Lipinski definition) is 4. The molecule has 0 spiro atoms. The van der Waals surface area contributed by atoms with Gasteiger partial charge in [-0.2, -0.15) is 0 Å². The summed E-state index contributed by atoms with van der Waals surface area (Å²) < 4.78 is 12.7. The lowest BCUT2D eigenvalue weighted by Crippen LogP contribution is -2.00. The molecule has 0 amide bonds. The highest BCUT2D eigenvalue weighted by atomic mass is 16.5. The predicted octanol–water partition coefficient (Wildman–Crippen LogP) is 2.29. The maximum Gasteiger partial charge on any atom is 0.258 e. The summed E-state index contributed by atoms with van der Waals surface area (Å²) in [6.07, 6.45) is 3.64. The van der Waals surface area contributed by atoms with Crippen molar-refractivity contribution in [1.29, 1.82) is 0 Å². The van der Waals surface area contributed by atoms with Crippen LogP contribution >= 0.6 is 0 Å². The molecule has 2 aromatic heterocycles. The van der Waals surface area contributed by atoms with Crippen molar-refractivity contribution in [2.45, 2.75) is 6.92 Å². The summed E-state index contributed by atoms with van der Waals surface area (Å²) in [7, 11) is 1.64. The smallest absolute Gasteiger partial charge is 0.258 e. The molecule has 0 N–H and O–H groups in total. The summed E-state index contributed by atoms with van der Waals surface area (Å²) in [6, 6.07) is 5.76. The van der Waals surface area contributed by atoms with Gasteiger partial charge in [-0.3, -0.25) is 4.40 Å². The number of aromatic nitrogens is 3. The summed E-state index contributed by atoms with van der Waals surface area (Å²) in [5.41, 5.74) is 2.53. The second-order valence-corrected chi connectivity index (χ2v) is 3.83. The van der Waals surface area contributed by atoms with Crippen LogP contribution in [0.5, 0.6) is 11.6 Å². The Morgan fingerprint density at radius 1 is 1.33 bits per heavy atom. The van der Waals surface area contributed by atoms with Gasteiger partial charge < -0.3 is 9.47 Å². The van der Waals surface area contributed by atoms with Crippen LogP contribution in [0.15, 0.2) is 30.6 Å². The van der Waals surface area contributed by atoms with Crippen molar-refractivity contribution in [3.63, 3.8) is 0 Å². The third kappa shape index (κ3) is 1.55. The number of ether oxygens (including phenoxy) is 2. The van der Waals surface area contributed by atoms with E-state index in [1.807, 2.05) is 35.7 Å². The van der Waals surface area contributed by atoms with Gasteiger partial charge in [0.15, 0.2) is 0 Å². The van der Waals surface area contributed by atoms with E-state index in [0.717, 1.165) is 22.4 Å². The van der Waals surface area contributed by atoms with Crippen LogP contribution in [0.25, 0.3) is 16.7 Å². The van der Waals surface area contributed by atoms with Crippen LogP contribution in [0.3, 0.4) is 0 Å². The minimum atomic E-state index is 0.545. The third-order valence-electron chi connectivity index (χ3n) is 2.78. The van der Waals surface area contributed by atoms with E-state index in [0.29, 0.717) is 12.5 Å². The van der Waals surface area contributed by atoms with Crippen molar-refractivity contribution < 1.29 is 9.47 Å². The van der Waals surface area contributed by atoms with E-state index < -0.39 is 0 Å². The molecule has 0 saturated heterocycles. The lowest BCUT2D eigenvalue weighted by molar-refractivity contribution is 0.330. The molecule has 92 valence electrons. The molecule has 0 radical (unpaired) electrons. The maximum atomic E-state index is 5.52. The van der Waals surface area contributed by atoms with Crippen LogP contribution in [0.2, 0.25) is 0 Å². The fourth-order valence-corrected chi connectivity index (χ4v) is 1.97. The Hall–Kier alpha value is -2.30. The lowest BCUT2D eigenvalue weighted by atomic mass is 10.3. The summed E-state index contributed by atoms with van der Waals surface area (Å²) in [5, 5.41) is 0. The number of benzene rings is 1. The zero-order chi connectivity index (χ0) is 12.5. The summed E-state index contributed by atoms with van der Waals surface area (Å²) in [6.45, 7) is 2.49. The summed E-state index contributed by atoms with van der Waals surface area (Å²) in [4.78, 5) is 8.76. The molecular weight excluding hydrogens is 230 g/mol. The quantitative estimate of drug-likeness (QED) is 0.708. The van der Waals surface area contributed by atoms with Crippen molar-refractivity contribution >= 4 is 16.7 Å². The van der Waals surface area contributed by atoms with Crippen molar-refractivity contribution in [2.75, 3.05) is 13.7 Å². The fraction of sp³-hybridized carbons (Fsp3) is 0.231. The zero-order valence-corrected chi connectivity index (χ0v) is 10.3. The first-order valence-electron chi connectivity index (χ1n) is 5.77. The molecule has 0 fully saturated rings. The second kappa shape index (κ2) is 4.18. The third-order valence-corrected chi connectivity index (χ3v) is 2.78. The molecule has 1 aromatic carbocycles. The first-order chi connectivity index (χ1) is 8.83. The van der Waals surface area contributed by atoms with Gasteiger partial charge in [0.2, 0.25) is 5.65 Å². The van der Waals surface area contributed by atoms with E-state index >= 15 is 0 Å². The Kier molecular flexibility index (Phi) is 2.51. The van der Waals surface area contributed by atoms with E-state index in [2.05, 4.69) is 9.97 Å². The van der Waals surface area contributed by atoms with E-state index in [1.165, 1.54) is 0 Å². The molecule has 5 nitrogen and oxygen atoms in total. The van der Waals surface area contributed by atoms with Crippen LogP contribution in [0.1, 0.15) is 6.92 Å². The molecule has 0 unspecified atom stereocenters. The molecule has 0 aliphatic rings. The van der Waals surface area contributed by atoms with Gasteiger partial charge >= 0.3 is 0 Å². The number of fused-ring (bicyclic) bond motifs is 3. The summed E-state index contributed by atoms with van der Waals surface area (Å²) >= 11 is 0. The fourth-order valence-electron chi connectivity index (χ4n) is 1.97. The van der Waals surface area contributed by atoms with Gasteiger partial charge in [0.05, 0.1) is 24.8 Å². The average Bonchev–Trinajstić information content (AvgIpc) is 2.88. The highest BCUT2D eigenvalue weighted by molar-refractivity contribution is 5.81. The van der Waals surface area contributed by atoms with Gasteiger partial charge in [-0.15, -0.1) is 0 Å². The Bertz CT molecular complexity index is 706. The number of methoxy groups -OCH3 is 1. The molecule has 18 heavy (non-hydrogen) atoms. The van der Waals surface area contributed by atoms with Crippen LogP contribution in [-0.2, 0) is 0 Å². The van der Waals surface area contributed by atoms with Crippen molar-refractivity contribution in [3.8, 4) is 11.6 Å². The van der Waals surface area contributed by atoms with Crippen molar-refractivity contribution in [2.24, 2.45) is 0 Å². The van der Waals surface area contributed by atoms with Gasteiger partial charge in [0.25, 0.3) is 5.88 Å². The lowest BCUT2D eigenvalue weighted by Gasteiger charge is -2.08. The van der Waals surface area contributed by atoms with Crippen molar-refractivity contribution in [3.05, 3.63) is 30.6 Å². The monoisotopic (exact) mass is 243 g/mol. The van der Waals surface area contributed by atoms with Crippen LogP contribution in [0, 0.1) is 0 Å². The first kappa shape index (κ1) is 10.8. The average molecular weight is 243 g/mol. The Morgan fingerprint density at radius 2 is 2.22 bits per heavy atom. The maximum absolute atomic E-state index is 5.52. The highest BCUT2D eigenvalue weighted by Gasteiger charge is 2.10. The molecule has 5 heteroatoms. The van der Waals surface area contributed by atoms with Gasteiger partial charge in [-0.1, -0.05) is 0 Å².